The molecule has 1 amide bonds. The van der Waals surface area contributed by atoms with Crippen molar-refractivity contribution in [3.8, 4) is 5.75 Å². The molecule has 1 fully saturated rings. The molecule has 0 atom stereocenters. The van der Waals surface area contributed by atoms with Gasteiger partial charge in [-0.2, -0.15) is 0 Å². The van der Waals surface area contributed by atoms with Crippen LogP contribution in [0.25, 0.3) is 0 Å². The maximum atomic E-state index is 12.4. The summed E-state index contributed by atoms with van der Waals surface area (Å²) in [4.78, 5) is 13.7. The standard InChI is InChI=1S/C19H22N2O4S/c1-2-25-17-9-11-18(12-10-17)26(23,24)20-14-15-5-7-16(8-6-15)21-13-3-4-19(21)22/h5-12,20H,2-4,13-14H2,1H3. The average Bonchev–Trinajstić information content (AvgIpc) is 3.07. The summed E-state index contributed by atoms with van der Waals surface area (Å²) >= 11 is 0. The molecule has 2 aromatic carbocycles. The van der Waals surface area contributed by atoms with Crippen molar-refractivity contribution in [1.29, 1.82) is 0 Å². The van der Waals surface area contributed by atoms with E-state index in [1.165, 1.54) is 12.1 Å². The number of hydrogen-bond acceptors (Lipinski definition) is 4. The van der Waals surface area contributed by atoms with Crippen LogP contribution < -0.4 is 14.4 Å². The van der Waals surface area contributed by atoms with Crippen molar-refractivity contribution in [2.45, 2.75) is 31.2 Å². The van der Waals surface area contributed by atoms with Crippen molar-refractivity contribution in [2.24, 2.45) is 0 Å². The van der Waals surface area contributed by atoms with Crippen LogP contribution in [0.5, 0.6) is 5.75 Å². The van der Waals surface area contributed by atoms with Gasteiger partial charge in [-0.25, -0.2) is 13.1 Å². The van der Waals surface area contributed by atoms with Crippen molar-refractivity contribution < 1.29 is 17.9 Å². The van der Waals surface area contributed by atoms with Crippen molar-refractivity contribution in [1.82, 2.24) is 4.72 Å². The van der Waals surface area contributed by atoms with Gasteiger partial charge in [-0.3, -0.25) is 4.79 Å². The Balaban J connectivity index is 1.63. The SMILES string of the molecule is CCOc1ccc(S(=O)(=O)NCc2ccc(N3CCCC3=O)cc2)cc1. The maximum absolute atomic E-state index is 12.4. The number of sulfonamides is 1. The van der Waals surface area contributed by atoms with Crippen molar-refractivity contribution >= 4 is 21.6 Å². The third kappa shape index (κ3) is 4.23. The summed E-state index contributed by atoms with van der Waals surface area (Å²) in [5, 5.41) is 0. The minimum Gasteiger partial charge on any atom is -0.494 e. The van der Waals surface area contributed by atoms with Gasteiger partial charge in [-0.1, -0.05) is 12.1 Å². The van der Waals surface area contributed by atoms with Gasteiger partial charge < -0.3 is 9.64 Å². The number of anilines is 1. The van der Waals surface area contributed by atoms with E-state index in [0.717, 1.165) is 24.2 Å². The molecule has 0 bridgehead atoms. The fraction of sp³-hybridized carbons (Fsp3) is 0.316. The number of hydrogen-bond donors (Lipinski definition) is 1. The lowest BCUT2D eigenvalue weighted by Gasteiger charge is -2.16. The van der Waals surface area contributed by atoms with Crippen LogP contribution in [0.2, 0.25) is 0 Å². The van der Waals surface area contributed by atoms with E-state index in [2.05, 4.69) is 4.72 Å². The van der Waals surface area contributed by atoms with Gasteiger partial charge in [-0.15, -0.1) is 0 Å². The number of carbonyl (C=O) groups is 1. The van der Waals surface area contributed by atoms with Crippen molar-refractivity contribution in [3.63, 3.8) is 0 Å². The van der Waals surface area contributed by atoms with E-state index in [9.17, 15) is 13.2 Å². The van der Waals surface area contributed by atoms with E-state index in [0.29, 0.717) is 18.8 Å². The van der Waals surface area contributed by atoms with E-state index in [4.69, 9.17) is 4.74 Å². The van der Waals surface area contributed by atoms with E-state index < -0.39 is 10.0 Å². The number of amides is 1. The molecule has 26 heavy (non-hydrogen) atoms. The third-order valence-electron chi connectivity index (χ3n) is 4.23. The third-order valence-corrected chi connectivity index (χ3v) is 5.65. The molecule has 1 heterocycles. The van der Waals surface area contributed by atoms with Crippen LogP contribution in [0.1, 0.15) is 25.3 Å². The summed E-state index contributed by atoms with van der Waals surface area (Å²) in [6, 6.07) is 13.7. The quantitative estimate of drug-likeness (QED) is 0.808. The lowest BCUT2D eigenvalue weighted by atomic mass is 10.2. The topological polar surface area (TPSA) is 75.7 Å². The Hall–Kier alpha value is -2.38. The van der Waals surface area contributed by atoms with Gasteiger partial charge in [0, 0.05) is 25.2 Å². The number of carbonyl (C=O) groups excluding carboxylic acids is 1. The summed E-state index contributed by atoms with van der Waals surface area (Å²) in [6.07, 6.45) is 1.46. The Morgan fingerprint density at radius 3 is 2.35 bits per heavy atom. The number of nitrogens with zero attached hydrogens (tertiary/aromatic N) is 1. The minimum atomic E-state index is -3.59. The van der Waals surface area contributed by atoms with E-state index in [1.807, 2.05) is 31.2 Å². The van der Waals surface area contributed by atoms with Gasteiger partial charge in [0.05, 0.1) is 11.5 Å². The molecule has 0 aliphatic carbocycles. The predicted octanol–water partition coefficient (Wildman–Crippen LogP) is 2.69. The highest BCUT2D eigenvalue weighted by Gasteiger charge is 2.21. The molecule has 1 saturated heterocycles. The highest BCUT2D eigenvalue weighted by molar-refractivity contribution is 7.89. The fourth-order valence-corrected chi connectivity index (χ4v) is 3.88. The molecule has 1 aliphatic rings. The maximum Gasteiger partial charge on any atom is 0.240 e. The molecule has 3 rings (SSSR count). The van der Waals surface area contributed by atoms with Gasteiger partial charge in [0.1, 0.15) is 5.75 Å². The molecule has 0 spiro atoms. The molecule has 1 N–H and O–H groups in total. The fourth-order valence-electron chi connectivity index (χ4n) is 2.86. The van der Waals surface area contributed by atoms with Gasteiger partial charge >= 0.3 is 0 Å². The monoisotopic (exact) mass is 374 g/mol. The number of rotatable bonds is 7. The Bertz CT molecular complexity index is 861. The first-order valence-corrected chi connectivity index (χ1v) is 10.1. The second-order valence-corrected chi connectivity index (χ2v) is 7.81. The van der Waals surface area contributed by atoms with Gasteiger partial charge in [-0.05, 0) is 55.3 Å². The number of nitrogens with one attached hydrogen (secondary N) is 1. The highest BCUT2D eigenvalue weighted by atomic mass is 32.2. The van der Waals surface area contributed by atoms with Crippen LogP contribution >= 0.6 is 0 Å². The van der Waals surface area contributed by atoms with E-state index in [1.54, 1.807) is 17.0 Å². The first-order valence-electron chi connectivity index (χ1n) is 8.61. The van der Waals surface area contributed by atoms with Crippen LogP contribution in [0.15, 0.2) is 53.4 Å². The normalized spacial score (nSPS) is 14.7. The summed E-state index contributed by atoms with van der Waals surface area (Å²) in [5.74, 6) is 0.771. The average molecular weight is 374 g/mol. The Morgan fingerprint density at radius 2 is 1.77 bits per heavy atom. The van der Waals surface area contributed by atoms with Crippen LogP contribution in [0, 0.1) is 0 Å². The summed E-state index contributed by atoms with van der Waals surface area (Å²) < 4.78 is 32.7. The van der Waals surface area contributed by atoms with Gasteiger partial charge in [0.15, 0.2) is 0 Å². The second-order valence-electron chi connectivity index (χ2n) is 6.04. The Morgan fingerprint density at radius 1 is 1.08 bits per heavy atom. The van der Waals surface area contributed by atoms with Crippen LogP contribution in [0.4, 0.5) is 5.69 Å². The van der Waals surface area contributed by atoms with Crippen LogP contribution in [0.3, 0.4) is 0 Å². The van der Waals surface area contributed by atoms with Crippen molar-refractivity contribution in [3.05, 3.63) is 54.1 Å². The lowest BCUT2D eigenvalue weighted by molar-refractivity contribution is -0.117. The smallest absolute Gasteiger partial charge is 0.240 e. The second kappa shape index (κ2) is 7.88. The zero-order chi connectivity index (χ0) is 18.6. The highest BCUT2D eigenvalue weighted by Crippen LogP contribution is 2.22. The predicted molar refractivity (Wildman–Crippen MR) is 99.7 cm³/mol. The molecule has 0 aromatic heterocycles. The molecule has 0 unspecified atom stereocenters. The zero-order valence-electron chi connectivity index (χ0n) is 14.6. The summed E-state index contributed by atoms with van der Waals surface area (Å²) in [7, 11) is -3.59. The molecular weight excluding hydrogens is 352 g/mol. The summed E-state index contributed by atoms with van der Waals surface area (Å²) in [6.45, 7) is 3.33. The molecule has 0 radical (unpaired) electrons. The van der Waals surface area contributed by atoms with Crippen LogP contribution in [-0.4, -0.2) is 27.5 Å². The molecule has 7 heteroatoms. The Labute approximate surface area is 153 Å². The van der Waals surface area contributed by atoms with E-state index >= 15 is 0 Å². The number of benzene rings is 2. The van der Waals surface area contributed by atoms with Gasteiger partial charge in [0.25, 0.3) is 0 Å². The molecule has 2 aromatic rings. The largest absolute Gasteiger partial charge is 0.494 e. The van der Waals surface area contributed by atoms with Gasteiger partial charge in [0.2, 0.25) is 15.9 Å². The van der Waals surface area contributed by atoms with Crippen molar-refractivity contribution in [2.75, 3.05) is 18.1 Å². The molecule has 1 aliphatic heterocycles. The molecule has 6 nitrogen and oxygen atoms in total. The first-order chi connectivity index (χ1) is 12.5. The molecule has 138 valence electrons. The zero-order valence-corrected chi connectivity index (χ0v) is 15.5. The minimum absolute atomic E-state index is 0.133. The van der Waals surface area contributed by atoms with E-state index in [-0.39, 0.29) is 17.3 Å². The summed E-state index contributed by atoms with van der Waals surface area (Å²) in [5.41, 5.74) is 1.68. The van der Waals surface area contributed by atoms with Crippen LogP contribution in [-0.2, 0) is 21.4 Å². The first kappa shape index (κ1) is 18.4. The lowest BCUT2D eigenvalue weighted by Crippen LogP contribution is -2.24. The number of ether oxygens (including phenoxy) is 1. The Kier molecular flexibility index (Phi) is 5.58. The molecular formula is C19H22N2O4S. The molecule has 0 saturated carbocycles.